The second-order valence-corrected chi connectivity index (χ2v) is 7.54. The molecule has 0 radical (unpaired) electrons. The Hall–Kier alpha value is -2.98. The molecule has 0 aliphatic rings. The smallest absolute Gasteiger partial charge is 0.346 e. The molecule has 0 unspecified atom stereocenters. The molecule has 2 heterocycles. The Labute approximate surface area is 163 Å². The van der Waals surface area contributed by atoms with Crippen LogP contribution in [0, 0.1) is 6.92 Å². The number of nitrogens with zero attached hydrogens (tertiary/aromatic N) is 1. The summed E-state index contributed by atoms with van der Waals surface area (Å²) in [6, 6.07) is 21.6. The highest BCUT2D eigenvalue weighted by Crippen LogP contribution is 2.36. The van der Waals surface area contributed by atoms with Crippen molar-refractivity contribution in [3.8, 4) is 11.1 Å². The molecule has 0 saturated heterocycles. The molecule has 0 saturated carbocycles. The monoisotopic (exact) mass is 415 g/mol. The third-order valence-electron chi connectivity index (χ3n) is 4.82. The van der Waals surface area contributed by atoms with Gasteiger partial charge in [0.1, 0.15) is 5.58 Å². The van der Waals surface area contributed by atoms with Gasteiger partial charge in [-0.3, -0.25) is 0 Å². The topological polar surface area (TPSA) is 43.1 Å². The van der Waals surface area contributed by atoms with E-state index in [1.807, 2.05) is 61.5 Å². The van der Waals surface area contributed by atoms with Gasteiger partial charge in [-0.15, -0.1) is 0 Å². The van der Waals surface area contributed by atoms with E-state index in [2.05, 4.69) is 22.0 Å². The zero-order valence-electron chi connectivity index (χ0n) is 14.5. The standard InChI is InChI=1S/C23H14BrNO2/c1-13-6-11-18-17(12-13)20(14-7-9-15(24)10-8-14)21-22(25-18)16-4-2-3-5-19(16)27-23(21)26/h2-12H,1H3. The van der Waals surface area contributed by atoms with Gasteiger partial charge < -0.3 is 4.42 Å². The molecule has 2 aromatic heterocycles. The van der Waals surface area contributed by atoms with Gasteiger partial charge in [-0.25, -0.2) is 9.78 Å². The fraction of sp³-hybridized carbons (Fsp3) is 0.0435. The summed E-state index contributed by atoms with van der Waals surface area (Å²) < 4.78 is 6.62. The predicted molar refractivity (Wildman–Crippen MR) is 113 cm³/mol. The van der Waals surface area contributed by atoms with E-state index in [-0.39, 0.29) is 5.63 Å². The maximum Gasteiger partial charge on any atom is 0.346 e. The first-order valence-electron chi connectivity index (χ1n) is 8.64. The predicted octanol–water partition coefficient (Wildman–Crippen LogP) is 6.23. The van der Waals surface area contributed by atoms with Gasteiger partial charge in [0.05, 0.1) is 16.4 Å². The van der Waals surface area contributed by atoms with E-state index < -0.39 is 0 Å². The van der Waals surface area contributed by atoms with Gasteiger partial charge in [-0.2, -0.15) is 0 Å². The van der Waals surface area contributed by atoms with Crippen LogP contribution in [0.5, 0.6) is 0 Å². The number of hydrogen-bond acceptors (Lipinski definition) is 3. The summed E-state index contributed by atoms with van der Waals surface area (Å²) in [6.07, 6.45) is 0. The Morgan fingerprint density at radius 1 is 0.926 bits per heavy atom. The highest BCUT2D eigenvalue weighted by Gasteiger charge is 2.18. The molecule has 5 rings (SSSR count). The lowest BCUT2D eigenvalue weighted by Crippen LogP contribution is -2.04. The van der Waals surface area contributed by atoms with Gasteiger partial charge in [0, 0.05) is 20.8 Å². The lowest BCUT2D eigenvalue weighted by molar-refractivity contribution is 0.569. The van der Waals surface area contributed by atoms with Crippen molar-refractivity contribution in [3.63, 3.8) is 0 Å². The van der Waals surface area contributed by atoms with Gasteiger partial charge in [-0.05, 0) is 48.9 Å². The van der Waals surface area contributed by atoms with Crippen molar-refractivity contribution in [1.29, 1.82) is 0 Å². The molecule has 4 heteroatoms. The van der Waals surface area contributed by atoms with Gasteiger partial charge >= 0.3 is 5.63 Å². The molecule has 0 N–H and O–H groups in total. The first kappa shape index (κ1) is 16.2. The third kappa shape index (κ3) is 2.56. The van der Waals surface area contributed by atoms with E-state index in [4.69, 9.17) is 9.40 Å². The fourth-order valence-corrected chi connectivity index (χ4v) is 3.85. The van der Waals surface area contributed by atoms with E-state index in [9.17, 15) is 4.79 Å². The molecular formula is C23H14BrNO2. The van der Waals surface area contributed by atoms with Crippen molar-refractivity contribution in [2.45, 2.75) is 6.92 Å². The van der Waals surface area contributed by atoms with Crippen molar-refractivity contribution in [1.82, 2.24) is 4.98 Å². The average molecular weight is 416 g/mol. The Morgan fingerprint density at radius 3 is 2.52 bits per heavy atom. The van der Waals surface area contributed by atoms with E-state index in [1.165, 1.54) is 0 Å². The van der Waals surface area contributed by atoms with Gasteiger partial charge in [0.25, 0.3) is 0 Å². The van der Waals surface area contributed by atoms with Crippen LogP contribution < -0.4 is 5.63 Å². The summed E-state index contributed by atoms with van der Waals surface area (Å²) in [5.74, 6) is 0. The van der Waals surface area contributed by atoms with Crippen LogP contribution in [-0.2, 0) is 0 Å². The quantitative estimate of drug-likeness (QED) is 0.185. The molecule has 130 valence electrons. The van der Waals surface area contributed by atoms with Crippen molar-refractivity contribution in [2.75, 3.05) is 0 Å². The molecule has 0 aliphatic heterocycles. The number of aromatic nitrogens is 1. The summed E-state index contributed by atoms with van der Waals surface area (Å²) in [6.45, 7) is 2.04. The van der Waals surface area contributed by atoms with Gasteiger partial charge in [0.15, 0.2) is 0 Å². The van der Waals surface area contributed by atoms with Crippen LogP contribution >= 0.6 is 15.9 Å². The molecule has 3 aromatic carbocycles. The minimum Gasteiger partial charge on any atom is -0.422 e. The summed E-state index contributed by atoms with van der Waals surface area (Å²) in [4.78, 5) is 17.8. The summed E-state index contributed by atoms with van der Waals surface area (Å²) in [5.41, 5.74) is 4.67. The Balaban J connectivity index is 2.08. The summed E-state index contributed by atoms with van der Waals surface area (Å²) in [5, 5.41) is 2.31. The number of rotatable bonds is 1. The van der Waals surface area contributed by atoms with Crippen LogP contribution in [0.25, 0.3) is 43.9 Å². The molecule has 0 atom stereocenters. The molecule has 0 fully saturated rings. The zero-order valence-corrected chi connectivity index (χ0v) is 16.1. The lowest BCUT2D eigenvalue weighted by Gasteiger charge is -2.12. The molecule has 27 heavy (non-hydrogen) atoms. The molecule has 0 amide bonds. The Kier molecular flexibility index (Phi) is 3.62. The second-order valence-electron chi connectivity index (χ2n) is 6.62. The third-order valence-corrected chi connectivity index (χ3v) is 5.35. The fourth-order valence-electron chi connectivity index (χ4n) is 3.59. The number of halogens is 1. The van der Waals surface area contributed by atoms with E-state index in [0.29, 0.717) is 16.5 Å². The maximum absolute atomic E-state index is 13.0. The Bertz CT molecular complexity index is 1400. The van der Waals surface area contributed by atoms with Gasteiger partial charge in [-0.1, -0.05) is 51.8 Å². The van der Waals surface area contributed by atoms with E-state index >= 15 is 0 Å². The van der Waals surface area contributed by atoms with E-state index in [1.54, 1.807) is 6.07 Å². The summed E-state index contributed by atoms with van der Waals surface area (Å²) in [7, 11) is 0. The van der Waals surface area contributed by atoms with E-state index in [0.717, 1.165) is 37.5 Å². The number of para-hydroxylation sites is 1. The van der Waals surface area contributed by atoms with Crippen LogP contribution in [0.3, 0.4) is 0 Å². The Morgan fingerprint density at radius 2 is 1.70 bits per heavy atom. The average Bonchev–Trinajstić information content (AvgIpc) is 2.67. The van der Waals surface area contributed by atoms with Crippen LogP contribution in [0.1, 0.15) is 5.56 Å². The molecule has 0 bridgehead atoms. The maximum atomic E-state index is 13.0. The largest absolute Gasteiger partial charge is 0.422 e. The number of fused-ring (bicyclic) bond motifs is 4. The molecular weight excluding hydrogens is 402 g/mol. The highest BCUT2D eigenvalue weighted by atomic mass is 79.9. The lowest BCUT2D eigenvalue weighted by atomic mass is 9.95. The summed E-state index contributed by atoms with van der Waals surface area (Å²) >= 11 is 3.48. The van der Waals surface area contributed by atoms with Crippen molar-refractivity contribution in [3.05, 3.63) is 87.2 Å². The SMILES string of the molecule is Cc1ccc2nc3c(c(-c4ccc(Br)cc4)c2c1)c(=O)oc1ccccc13. The van der Waals surface area contributed by atoms with Crippen molar-refractivity contribution in [2.24, 2.45) is 0 Å². The van der Waals surface area contributed by atoms with Gasteiger partial charge in [0.2, 0.25) is 0 Å². The number of aryl methyl sites for hydroxylation is 1. The van der Waals surface area contributed by atoms with Crippen LogP contribution in [0.2, 0.25) is 0 Å². The minimum atomic E-state index is -0.363. The highest BCUT2D eigenvalue weighted by molar-refractivity contribution is 9.10. The number of benzene rings is 3. The first-order valence-corrected chi connectivity index (χ1v) is 9.43. The second kappa shape index (κ2) is 6.03. The first-order chi connectivity index (χ1) is 13.1. The molecule has 5 aromatic rings. The minimum absolute atomic E-state index is 0.363. The normalized spacial score (nSPS) is 11.5. The van der Waals surface area contributed by atoms with Crippen LogP contribution in [-0.4, -0.2) is 4.98 Å². The molecule has 0 spiro atoms. The molecule has 3 nitrogen and oxygen atoms in total. The van der Waals surface area contributed by atoms with Crippen molar-refractivity contribution < 1.29 is 4.42 Å². The number of pyridine rings is 1. The van der Waals surface area contributed by atoms with Crippen LogP contribution in [0.4, 0.5) is 0 Å². The zero-order chi connectivity index (χ0) is 18.5. The van der Waals surface area contributed by atoms with Crippen molar-refractivity contribution >= 4 is 48.7 Å². The molecule has 0 aliphatic carbocycles. The van der Waals surface area contributed by atoms with Crippen LogP contribution in [0.15, 0.2) is 80.4 Å². The number of hydrogen-bond donors (Lipinski definition) is 0.